The van der Waals surface area contributed by atoms with Crippen LogP contribution in [0.15, 0.2) is 0 Å². The van der Waals surface area contributed by atoms with Gasteiger partial charge in [-0.3, -0.25) is 4.90 Å². The highest BCUT2D eigenvalue weighted by atomic mass is 32.2. The molecular weight excluding hydrogens is 166 g/mol. The molecule has 2 heteroatoms. The molecule has 0 aromatic carbocycles. The zero-order valence-electron chi connectivity index (χ0n) is 8.87. The Bertz CT molecular complexity index is 129. The van der Waals surface area contributed by atoms with Crippen molar-refractivity contribution in [3.8, 4) is 0 Å². The molecule has 1 aliphatic rings. The van der Waals surface area contributed by atoms with Crippen LogP contribution in [0.25, 0.3) is 0 Å². The highest BCUT2D eigenvalue weighted by molar-refractivity contribution is 8.00. The molecule has 0 aromatic heterocycles. The van der Waals surface area contributed by atoms with Gasteiger partial charge in [-0.15, -0.1) is 11.8 Å². The Labute approximate surface area is 80.9 Å². The summed E-state index contributed by atoms with van der Waals surface area (Å²) in [6.07, 6.45) is 0. The second-order valence-corrected chi connectivity index (χ2v) is 5.93. The van der Waals surface area contributed by atoms with Crippen molar-refractivity contribution >= 4 is 11.8 Å². The van der Waals surface area contributed by atoms with Gasteiger partial charge in [-0.1, -0.05) is 20.8 Å². The lowest BCUT2D eigenvalue weighted by molar-refractivity contribution is 0.194. The Morgan fingerprint density at radius 3 is 2.17 bits per heavy atom. The molecule has 0 saturated carbocycles. The van der Waals surface area contributed by atoms with Gasteiger partial charge in [-0.05, 0) is 19.8 Å². The van der Waals surface area contributed by atoms with Crippen molar-refractivity contribution in [1.29, 1.82) is 0 Å². The van der Waals surface area contributed by atoms with Crippen molar-refractivity contribution in [2.45, 2.75) is 51.3 Å². The van der Waals surface area contributed by atoms with E-state index in [1.54, 1.807) is 0 Å². The predicted molar refractivity (Wildman–Crippen MR) is 57.5 cm³/mol. The van der Waals surface area contributed by atoms with E-state index < -0.39 is 0 Å². The lowest BCUT2D eigenvalue weighted by Crippen LogP contribution is -2.37. The van der Waals surface area contributed by atoms with Gasteiger partial charge < -0.3 is 0 Å². The van der Waals surface area contributed by atoms with E-state index in [-0.39, 0.29) is 0 Å². The molecule has 1 unspecified atom stereocenters. The van der Waals surface area contributed by atoms with Gasteiger partial charge in [0.05, 0.1) is 5.37 Å². The van der Waals surface area contributed by atoms with Gasteiger partial charge in [0.1, 0.15) is 0 Å². The Hall–Kier alpha value is 0.310. The van der Waals surface area contributed by atoms with Crippen LogP contribution in [-0.2, 0) is 0 Å². The SMILES string of the molecule is CC1CN(C(C)C)[C@H](C(C)C)S1. The molecule has 1 saturated heterocycles. The van der Waals surface area contributed by atoms with Crippen LogP contribution in [0.3, 0.4) is 0 Å². The van der Waals surface area contributed by atoms with Crippen molar-refractivity contribution in [3.63, 3.8) is 0 Å². The minimum atomic E-state index is 0.704. The number of rotatable bonds is 2. The van der Waals surface area contributed by atoms with Crippen molar-refractivity contribution in [1.82, 2.24) is 4.90 Å². The van der Waals surface area contributed by atoms with Crippen molar-refractivity contribution in [3.05, 3.63) is 0 Å². The fourth-order valence-electron chi connectivity index (χ4n) is 1.80. The Morgan fingerprint density at radius 1 is 1.25 bits per heavy atom. The Kier molecular flexibility index (Phi) is 3.47. The van der Waals surface area contributed by atoms with Gasteiger partial charge in [0.15, 0.2) is 0 Å². The molecule has 12 heavy (non-hydrogen) atoms. The van der Waals surface area contributed by atoms with Crippen LogP contribution in [0.1, 0.15) is 34.6 Å². The van der Waals surface area contributed by atoms with E-state index in [0.29, 0.717) is 6.04 Å². The van der Waals surface area contributed by atoms with E-state index in [4.69, 9.17) is 0 Å². The third kappa shape index (κ3) is 2.17. The standard InChI is InChI=1S/C10H21NS/c1-7(2)10-11(8(3)4)6-9(5)12-10/h7-10H,6H2,1-5H3/t9?,10-/m0/s1. The second kappa shape index (κ2) is 4.01. The van der Waals surface area contributed by atoms with Crippen LogP contribution in [-0.4, -0.2) is 28.1 Å². The molecule has 0 aromatic rings. The first-order valence-electron chi connectivity index (χ1n) is 4.93. The van der Waals surface area contributed by atoms with Gasteiger partial charge in [-0.2, -0.15) is 0 Å². The van der Waals surface area contributed by atoms with E-state index >= 15 is 0 Å². The summed E-state index contributed by atoms with van der Waals surface area (Å²) in [7, 11) is 0. The van der Waals surface area contributed by atoms with E-state index in [1.165, 1.54) is 6.54 Å². The smallest absolute Gasteiger partial charge is 0.0586 e. The molecule has 0 amide bonds. The first-order chi connectivity index (χ1) is 5.52. The number of hydrogen-bond acceptors (Lipinski definition) is 2. The third-order valence-corrected chi connectivity index (χ3v) is 4.11. The molecule has 0 N–H and O–H groups in total. The molecule has 1 fully saturated rings. The molecule has 0 radical (unpaired) electrons. The number of hydrogen-bond donors (Lipinski definition) is 0. The van der Waals surface area contributed by atoms with Gasteiger partial charge in [0, 0.05) is 17.8 Å². The minimum Gasteiger partial charge on any atom is -0.288 e. The molecule has 1 heterocycles. The summed E-state index contributed by atoms with van der Waals surface area (Å²) in [5, 5.41) is 1.57. The molecule has 72 valence electrons. The highest BCUT2D eigenvalue weighted by Gasteiger charge is 2.33. The average Bonchev–Trinajstić information content (AvgIpc) is 2.31. The van der Waals surface area contributed by atoms with E-state index in [2.05, 4.69) is 51.3 Å². The third-order valence-electron chi connectivity index (χ3n) is 2.40. The molecule has 1 aliphatic heterocycles. The zero-order valence-corrected chi connectivity index (χ0v) is 9.69. The lowest BCUT2D eigenvalue weighted by Gasteiger charge is -2.29. The fraction of sp³-hybridized carbons (Fsp3) is 1.00. The predicted octanol–water partition coefficient (Wildman–Crippen LogP) is 2.81. The molecule has 0 spiro atoms. The van der Waals surface area contributed by atoms with E-state index in [1.807, 2.05) is 0 Å². The molecule has 0 aliphatic carbocycles. The largest absolute Gasteiger partial charge is 0.288 e. The van der Waals surface area contributed by atoms with Gasteiger partial charge >= 0.3 is 0 Å². The zero-order chi connectivity index (χ0) is 9.30. The summed E-state index contributed by atoms with van der Waals surface area (Å²) in [6.45, 7) is 12.9. The molecule has 2 atom stereocenters. The molecule has 0 bridgehead atoms. The molecule has 1 rings (SSSR count). The van der Waals surface area contributed by atoms with Gasteiger partial charge in [0.2, 0.25) is 0 Å². The van der Waals surface area contributed by atoms with Crippen molar-refractivity contribution < 1.29 is 0 Å². The van der Waals surface area contributed by atoms with Crippen molar-refractivity contribution in [2.75, 3.05) is 6.54 Å². The van der Waals surface area contributed by atoms with Crippen LogP contribution in [0.5, 0.6) is 0 Å². The normalized spacial score (nSPS) is 32.2. The second-order valence-electron chi connectivity index (χ2n) is 4.37. The maximum atomic E-state index is 2.62. The summed E-state index contributed by atoms with van der Waals surface area (Å²) < 4.78 is 0. The Balaban J connectivity index is 2.59. The average molecular weight is 187 g/mol. The van der Waals surface area contributed by atoms with Crippen LogP contribution < -0.4 is 0 Å². The maximum Gasteiger partial charge on any atom is 0.0586 e. The van der Waals surface area contributed by atoms with Crippen LogP contribution in [0.2, 0.25) is 0 Å². The minimum absolute atomic E-state index is 0.704. The van der Waals surface area contributed by atoms with Crippen LogP contribution >= 0.6 is 11.8 Å². The summed E-state index contributed by atoms with van der Waals surface area (Å²) in [5.41, 5.74) is 0. The van der Waals surface area contributed by atoms with E-state index in [9.17, 15) is 0 Å². The number of thioether (sulfide) groups is 1. The van der Waals surface area contributed by atoms with Gasteiger partial charge in [0.25, 0.3) is 0 Å². The Morgan fingerprint density at radius 2 is 1.83 bits per heavy atom. The first kappa shape index (κ1) is 10.4. The molecule has 1 nitrogen and oxygen atoms in total. The highest BCUT2D eigenvalue weighted by Crippen LogP contribution is 2.35. The molecular formula is C10H21NS. The fourth-order valence-corrected chi connectivity index (χ4v) is 3.34. The summed E-state index contributed by atoms with van der Waals surface area (Å²) in [6, 6.07) is 0.704. The number of nitrogens with zero attached hydrogens (tertiary/aromatic N) is 1. The summed E-state index contributed by atoms with van der Waals surface area (Å²) in [5.74, 6) is 0.780. The van der Waals surface area contributed by atoms with Crippen LogP contribution in [0.4, 0.5) is 0 Å². The monoisotopic (exact) mass is 187 g/mol. The van der Waals surface area contributed by atoms with Gasteiger partial charge in [-0.25, -0.2) is 0 Å². The van der Waals surface area contributed by atoms with E-state index in [0.717, 1.165) is 16.5 Å². The lowest BCUT2D eigenvalue weighted by atomic mass is 10.1. The summed E-state index contributed by atoms with van der Waals surface area (Å²) in [4.78, 5) is 2.62. The first-order valence-corrected chi connectivity index (χ1v) is 5.88. The van der Waals surface area contributed by atoms with Crippen LogP contribution in [0, 0.1) is 5.92 Å². The topological polar surface area (TPSA) is 3.24 Å². The van der Waals surface area contributed by atoms with Crippen molar-refractivity contribution in [2.24, 2.45) is 5.92 Å². The quantitative estimate of drug-likeness (QED) is 0.654. The summed E-state index contributed by atoms with van der Waals surface area (Å²) >= 11 is 2.14. The maximum absolute atomic E-state index is 2.62.